The molecular formula is H2AuCdOZn. The van der Waals surface area contributed by atoms with E-state index in [-0.39, 0.29) is 74.6 Å². The molecule has 0 atom stereocenters. The fourth-order valence-electron chi connectivity index (χ4n) is 0. The van der Waals surface area contributed by atoms with Crippen LogP contribution in [0, 0.1) is 0 Å². The molecule has 0 amide bonds. The molecule has 0 fully saturated rings. The third-order valence-electron chi connectivity index (χ3n) is 0. The van der Waals surface area contributed by atoms with Crippen LogP contribution in [-0.2, 0) is 69.2 Å². The molecule has 0 saturated heterocycles. The van der Waals surface area contributed by atoms with Crippen LogP contribution in [0.25, 0.3) is 0 Å². The Morgan fingerprint density at radius 2 is 1.00 bits per heavy atom. The summed E-state index contributed by atoms with van der Waals surface area (Å²) in [4.78, 5) is 0. The zero-order chi connectivity index (χ0) is 0. The Morgan fingerprint density at radius 3 is 1.00 bits per heavy atom. The molecule has 0 aliphatic rings. The van der Waals surface area contributed by atoms with E-state index in [1.54, 1.807) is 0 Å². The summed E-state index contributed by atoms with van der Waals surface area (Å²) in [6.07, 6.45) is 0. The minimum absolute atomic E-state index is 0. The fourth-order valence-corrected chi connectivity index (χ4v) is 0. The molecule has 0 spiro atoms. The van der Waals surface area contributed by atoms with Crippen molar-refractivity contribution >= 4 is 0 Å². The zero-order valence-electron chi connectivity index (χ0n) is 2.22. The van der Waals surface area contributed by atoms with E-state index < -0.39 is 0 Å². The van der Waals surface area contributed by atoms with Crippen molar-refractivity contribution in [2.24, 2.45) is 0 Å². The van der Waals surface area contributed by atoms with Crippen molar-refractivity contribution in [2.75, 3.05) is 0 Å². The van der Waals surface area contributed by atoms with Gasteiger partial charge in [-0.15, -0.1) is 0 Å². The Morgan fingerprint density at radius 1 is 1.00 bits per heavy atom. The molecule has 4 heteroatoms. The van der Waals surface area contributed by atoms with E-state index in [4.69, 9.17) is 0 Å². The molecule has 1 radical (unpaired) electrons. The van der Waals surface area contributed by atoms with Crippen molar-refractivity contribution in [2.45, 2.75) is 0 Å². The molecule has 0 aliphatic heterocycles. The average Bonchev–Trinajstić information content (AvgIpc) is 0. The van der Waals surface area contributed by atoms with Crippen LogP contribution in [0.4, 0.5) is 0 Å². The minimum Gasteiger partial charge on any atom is -0.412 e. The number of hydrogen-bond donors (Lipinski definition) is 0. The second-order valence-corrected chi connectivity index (χ2v) is 0. The van der Waals surface area contributed by atoms with E-state index in [0.29, 0.717) is 0 Å². The van der Waals surface area contributed by atoms with Crippen molar-refractivity contribution in [1.82, 2.24) is 0 Å². The average molecular weight is 393 g/mol. The minimum atomic E-state index is 0. The van der Waals surface area contributed by atoms with E-state index in [1.165, 1.54) is 0 Å². The third kappa shape index (κ3) is 8.87. The Labute approximate surface area is 73.6 Å². The molecule has 0 unspecified atom stereocenters. The van der Waals surface area contributed by atoms with Crippen molar-refractivity contribution in [3.8, 4) is 0 Å². The summed E-state index contributed by atoms with van der Waals surface area (Å²) in [5.74, 6) is 0. The smallest absolute Gasteiger partial charge is 0 e. The molecule has 0 heterocycles. The van der Waals surface area contributed by atoms with Crippen LogP contribution in [-0.4, -0.2) is 5.48 Å². The second kappa shape index (κ2) is 18.7. The van der Waals surface area contributed by atoms with E-state index in [1.807, 2.05) is 0 Å². The van der Waals surface area contributed by atoms with E-state index >= 15 is 0 Å². The summed E-state index contributed by atoms with van der Waals surface area (Å²) in [5, 5.41) is 0. The Kier molecular flexibility index (Phi) is 160. The standard InChI is InChI=1S/Au.Cd.H2O.Zn/h;;1H2;. The van der Waals surface area contributed by atoms with Gasteiger partial charge < -0.3 is 5.48 Å². The summed E-state index contributed by atoms with van der Waals surface area (Å²) in [6, 6.07) is 0. The first-order valence-corrected chi connectivity index (χ1v) is 0. The molecule has 0 aromatic heterocycles. The van der Waals surface area contributed by atoms with Gasteiger partial charge in [-0.1, -0.05) is 0 Å². The predicted molar refractivity (Wildman–Crippen MR) is 3.61 cm³/mol. The maximum Gasteiger partial charge on any atom is 0 e. The molecular weight excluding hydrogens is 391 g/mol. The van der Waals surface area contributed by atoms with Crippen LogP contribution in [0.15, 0.2) is 0 Å². The third-order valence-corrected chi connectivity index (χ3v) is 0. The van der Waals surface area contributed by atoms with Crippen LogP contribution < -0.4 is 0 Å². The Balaban J connectivity index is 0. The van der Waals surface area contributed by atoms with Crippen LogP contribution >= 0.6 is 0 Å². The van der Waals surface area contributed by atoms with Crippen LogP contribution in [0.3, 0.4) is 0 Å². The largest absolute Gasteiger partial charge is 0.412 e. The van der Waals surface area contributed by atoms with Crippen molar-refractivity contribution < 1.29 is 74.6 Å². The Bertz CT molecular complexity index is 8.00. The molecule has 0 bridgehead atoms. The first-order chi connectivity index (χ1) is 0. The van der Waals surface area contributed by atoms with Gasteiger partial charge in [-0.3, -0.25) is 0 Å². The second-order valence-electron chi connectivity index (χ2n) is 0. The zero-order valence-corrected chi connectivity index (χ0v) is 11.4. The number of hydrogen-bond acceptors (Lipinski definition) is 0. The van der Waals surface area contributed by atoms with Crippen LogP contribution in [0.1, 0.15) is 0 Å². The maximum atomic E-state index is 0. The SMILES string of the molecule is O.[Au].[Cd].[Zn]. The summed E-state index contributed by atoms with van der Waals surface area (Å²) in [7, 11) is 0. The maximum absolute atomic E-state index is 0. The van der Waals surface area contributed by atoms with Crippen LogP contribution in [0.5, 0.6) is 0 Å². The van der Waals surface area contributed by atoms with Gasteiger partial charge in [0.15, 0.2) is 0 Å². The van der Waals surface area contributed by atoms with Crippen molar-refractivity contribution in [1.29, 1.82) is 0 Å². The van der Waals surface area contributed by atoms with Gasteiger partial charge in [-0.2, -0.15) is 0 Å². The van der Waals surface area contributed by atoms with Gasteiger partial charge in [0.2, 0.25) is 0 Å². The molecule has 0 saturated carbocycles. The van der Waals surface area contributed by atoms with Gasteiger partial charge in [-0.05, 0) is 0 Å². The molecule has 0 rings (SSSR count). The Hall–Kier alpha value is 2.25. The van der Waals surface area contributed by atoms with Gasteiger partial charge in [0, 0.05) is 69.2 Å². The molecule has 0 aliphatic carbocycles. The van der Waals surface area contributed by atoms with E-state index in [0.717, 1.165) is 0 Å². The van der Waals surface area contributed by atoms with Gasteiger partial charge in [0.05, 0.1) is 0 Å². The normalized spacial score (nSPS) is 0. The summed E-state index contributed by atoms with van der Waals surface area (Å²) in [5.41, 5.74) is 0. The molecule has 4 heavy (non-hydrogen) atoms. The predicted octanol–water partition coefficient (Wildman–Crippen LogP) is -0.832. The fraction of sp³-hybridized carbons (Fsp3) is 0. The van der Waals surface area contributed by atoms with E-state index in [2.05, 4.69) is 0 Å². The first-order valence-electron chi connectivity index (χ1n) is 0. The van der Waals surface area contributed by atoms with Gasteiger partial charge in [0.25, 0.3) is 0 Å². The quantitative estimate of drug-likeness (QED) is 0.482. The molecule has 2 N–H and O–H groups in total. The summed E-state index contributed by atoms with van der Waals surface area (Å²) < 4.78 is 0. The molecule has 0 aromatic carbocycles. The van der Waals surface area contributed by atoms with Crippen molar-refractivity contribution in [3.05, 3.63) is 0 Å². The first kappa shape index (κ1) is 34.1. The molecule has 0 aromatic rings. The number of rotatable bonds is 0. The summed E-state index contributed by atoms with van der Waals surface area (Å²) >= 11 is 0. The van der Waals surface area contributed by atoms with E-state index in [9.17, 15) is 0 Å². The molecule has 1 nitrogen and oxygen atoms in total. The topological polar surface area (TPSA) is 31.5 Å². The van der Waals surface area contributed by atoms with Crippen LogP contribution in [0.2, 0.25) is 0 Å². The van der Waals surface area contributed by atoms with Gasteiger partial charge >= 0.3 is 0 Å². The molecule has 23 valence electrons. The monoisotopic (exact) mass is 393 g/mol. The van der Waals surface area contributed by atoms with Gasteiger partial charge in [-0.25, -0.2) is 0 Å². The van der Waals surface area contributed by atoms with Gasteiger partial charge in [0.1, 0.15) is 0 Å². The summed E-state index contributed by atoms with van der Waals surface area (Å²) in [6.45, 7) is 0. The van der Waals surface area contributed by atoms with Crippen molar-refractivity contribution in [3.63, 3.8) is 0 Å².